The SMILES string of the molecule is O=Cc1cc(Br)c(OCc2ccc(Cl)cc2Cl)c(I)c1. The predicted octanol–water partition coefficient (Wildman–Crippen LogP) is 5.75. The summed E-state index contributed by atoms with van der Waals surface area (Å²) in [6.45, 7) is 0.324. The molecule has 0 atom stereocenters. The molecule has 0 saturated heterocycles. The lowest BCUT2D eigenvalue weighted by Gasteiger charge is -2.12. The number of benzene rings is 2. The number of hydrogen-bond donors (Lipinski definition) is 0. The van der Waals surface area contributed by atoms with Gasteiger partial charge in [0.2, 0.25) is 0 Å². The summed E-state index contributed by atoms with van der Waals surface area (Å²) in [6, 6.07) is 8.75. The molecule has 0 unspecified atom stereocenters. The molecule has 0 saturated carbocycles. The molecular formula is C14H8BrCl2IO2. The number of carbonyl (C=O) groups is 1. The Morgan fingerprint density at radius 2 is 2.00 bits per heavy atom. The van der Waals surface area contributed by atoms with Gasteiger partial charge in [0.05, 0.1) is 8.04 Å². The van der Waals surface area contributed by atoms with E-state index in [2.05, 4.69) is 38.5 Å². The zero-order chi connectivity index (χ0) is 14.7. The molecule has 0 radical (unpaired) electrons. The van der Waals surface area contributed by atoms with Crippen LogP contribution in [0.2, 0.25) is 10.0 Å². The van der Waals surface area contributed by atoms with Gasteiger partial charge in [0.1, 0.15) is 18.6 Å². The van der Waals surface area contributed by atoms with Gasteiger partial charge in [0.25, 0.3) is 0 Å². The van der Waals surface area contributed by atoms with Crippen molar-refractivity contribution < 1.29 is 9.53 Å². The van der Waals surface area contributed by atoms with E-state index in [0.717, 1.165) is 19.9 Å². The molecule has 0 fully saturated rings. The van der Waals surface area contributed by atoms with Crippen LogP contribution in [0.15, 0.2) is 34.8 Å². The van der Waals surface area contributed by atoms with Crippen LogP contribution in [0.1, 0.15) is 15.9 Å². The third-order valence-corrected chi connectivity index (χ3v) is 4.52. The Hall–Kier alpha value is -0.300. The summed E-state index contributed by atoms with van der Waals surface area (Å²) in [4.78, 5) is 10.8. The maximum absolute atomic E-state index is 10.8. The number of halogens is 4. The van der Waals surface area contributed by atoms with Crippen LogP contribution >= 0.6 is 61.7 Å². The number of rotatable bonds is 4. The van der Waals surface area contributed by atoms with Crippen LogP contribution in [0.5, 0.6) is 5.75 Å². The zero-order valence-electron chi connectivity index (χ0n) is 10.00. The molecule has 0 N–H and O–H groups in total. The first-order valence-corrected chi connectivity index (χ1v) is 8.15. The number of carbonyl (C=O) groups excluding carboxylic acids is 1. The van der Waals surface area contributed by atoms with Gasteiger partial charge >= 0.3 is 0 Å². The largest absolute Gasteiger partial charge is 0.487 e. The molecule has 0 heterocycles. The van der Waals surface area contributed by atoms with E-state index < -0.39 is 0 Å². The van der Waals surface area contributed by atoms with E-state index in [1.165, 1.54) is 0 Å². The molecule has 0 spiro atoms. The Bertz CT molecular complexity index is 639. The summed E-state index contributed by atoms with van der Waals surface area (Å²) < 4.78 is 7.36. The third kappa shape index (κ3) is 3.87. The van der Waals surface area contributed by atoms with Crippen molar-refractivity contribution in [3.8, 4) is 5.75 Å². The average molecular weight is 486 g/mol. The minimum absolute atomic E-state index is 0.324. The highest BCUT2D eigenvalue weighted by Crippen LogP contribution is 2.33. The van der Waals surface area contributed by atoms with E-state index in [0.29, 0.717) is 28.0 Å². The highest BCUT2D eigenvalue weighted by Gasteiger charge is 2.10. The molecule has 2 rings (SSSR count). The van der Waals surface area contributed by atoms with Gasteiger partial charge in [0, 0.05) is 21.2 Å². The fourth-order valence-electron chi connectivity index (χ4n) is 1.57. The van der Waals surface area contributed by atoms with E-state index in [-0.39, 0.29) is 0 Å². The molecule has 0 aliphatic heterocycles. The van der Waals surface area contributed by atoms with Gasteiger partial charge in [-0.3, -0.25) is 4.79 Å². The van der Waals surface area contributed by atoms with Gasteiger partial charge in [-0.1, -0.05) is 29.3 Å². The summed E-state index contributed by atoms with van der Waals surface area (Å²) in [5, 5.41) is 1.15. The molecule has 0 aliphatic rings. The fourth-order valence-corrected chi connectivity index (χ4v) is 3.81. The first kappa shape index (κ1) is 16.1. The van der Waals surface area contributed by atoms with E-state index >= 15 is 0 Å². The van der Waals surface area contributed by atoms with Crippen molar-refractivity contribution in [1.29, 1.82) is 0 Å². The lowest BCUT2D eigenvalue weighted by Crippen LogP contribution is -1.99. The molecular weight excluding hydrogens is 478 g/mol. The van der Waals surface area contributed by atoms with Crippen molar-refractivity contribution >= 4 is 68.0 Å². The monoisotopic (exact) mass is 484 g/mol. The quantitative estimate of drug-likeness (QED) is 0.407. The molecule has 2 nitrogen and oxygen atoms in total. The summed E-state index contributed by atoms with van der Waals surface area (Å²) in [6.07, 6.45) is 0.798. The number of hydrogen-bond acceptors (Lipinski definition) is 2. The molecule has 104 valence electrons. The van der Waals surface area contributed by atoms with Crippen molar-refractivity contribution in [2.45, 2.75) is 6.61 Å². The van der Waals surface area contributed by atoms with E-state index in [1.54, 1.807) is 24.3 Å². The van der Waals surface area contributed by atoms with Gasteiger partial charge in [-0.25, -0.2) is 0 Å². The van der Waals surface area contributed by atoms with Gasteiger partial charge in [-0.15, -0.1) is 0 Å². The van der Waals surface area contributed by atoms with Crippen LogP contribution in [0.25, 0.3) is 0 Å². The second-order valence-electron chi connectivity index (χ2n) is 3.96. The fraction of sp³-hybridized carbons (Fsp3) is 0.0714. The van der Waals surface area contributed by atoms with Crippen LogP contribution in [0.4, 0.5) is 0 Å². The highest BCUT2D eigenvalue weighted by molar-refractivity contribution is 14.1. The topological polar surface area (TPSA) is 26.3 Å². The second kappa shape index (κ2) is 7.11. The summed E-state index contributed by atoms with van der Waals surface area (Å²) >= 11 is 17.5. The second-order valence-corrected chi connectivity index (χ2v) is 6.82. The molecule has 0 amide bonds. The lowest BCUT2D eigenvalue weighted by atomic mass is 10.2. The summed E-state index contributed by atoms with van der Waals surface area (Å²) in [5.41, 5.74) is 1.44. The molecule has 0 aliphatic carbocycles. The Kier molecular flexibility index (Phi) is 5.72. The first-order valence-electron chi connectivity index (χ1n) is 5.52. The van der Waals surface area contributed by atoms with Crippen LogP contribution in [0.3, 0.4) is 0 Å². The molecule has 2 aromatic rings. The van der Waals surface area contributed by atoms with Crippen molar-refractivity contribution in [2.75, 3.05) is 0 Å². The third-order valence-electron chi connectivity index (χ3n) is 2.54. The summed E-state index contributed by atoms with van der Waals surface area (Å²) in [5.74, 6) is 0.683. The Morgan fingerprint density at radius 3 is 2.60 bits per heavy atom. The van der Waals surface area contributed by atoms with Crippen molar-refractivity contribution in [3.05, 3.63) is 59.5 Å². The molecule has 0 aromatic heterocycles. The van der Waals surface area contributed by atoms with Gasteiger partial charge in [0.15, 0.2) is 0 Å². The smallest absolute Gasteiger partial charge is 0.150 e. The number of ether oxygens (including phenoxy) is 1. The normalized spacial score (nSPS) is 10.4. The van der Waals surface area contributed by atoms with Crippen LogP contribution in [-0.4, -0.2) is 6.29 Å². The van der Waals surface area contributed by atoms with Crippen LogP contribution in [-0.2, 0) is 6.61 Å². The Balaban J connectivity index is 2.21. The van der Waals surface area contributed by atoms with E-state index in [1.807, 2.05) is 6.07 Å². The van der Waals surface area contributed by atoms with Crippen LogP contribution < -0.4 is 4.74 Å². The molecule has 2 aromatic carbocycles. The number of aldehydes is 1. The van der Waals surface area contributed by atoms with Crippen molar-refractivity contribution in [1.82, 2.24) is 0 Å². The van der Waals surface area contributed by atoms with Crippen molar-refractivity contribution in [2.24, 2.45) is 0 Å². The molecule has 6 heteroatoms. The van der Waals surface area contributed by atoms with Crippen LogP contribution in [0, 0.1) is 3.57 Å². The maximum Gasteiger partial charge on any atom is 0.150 e. The maximum atomic E-state index is 10.8. The van der Waals surface area contributed by atoms with Gasteiger partial charge < -0.3 is 4.74 Å². The average Bonchev–Trinajstić information content (AvgIpc) is 2.39. The first-order chi connectivity index (χ1) is 9.51. The van der Waals surface area contributed by atoms with E-state index in [9.17, 15) is 4.79 Å². The standard InChI is InChI=1S/C14H8BrCl2IO2/c15-11-3-8(6-19)4-13(18)14(11)20-7-9-1-2-10(16)5-12(9)17/h1-6H,7H2. The van der Waals surface area contributed by atoms with Gasteiger partial charge in [-0.05, 0) is 62.8 Å². The Labute approximate surface area is 148 Å². The summed E-state index contributed by atoms with van der Waals surface area (Å²) in [7, 11) is 0. The predicted molar refractivity (Wildman–Crippen MR) is 93.0 cm³/mol. The molecule has 0 bridgehead atoms. The minimum Gasteiger partial charge on any atom is -0.487 e. The highest BCUT2D eigenvalue weighted by atomic mass is 127. The Morgan fingerprint density at radius 1 is 1.25 bits per heavy atom. The minimum atomic E-state index is 0.324. The van der Waals surface area contributed by atoms with Gasteiger partial charge in [-0.2, -0.15) is 0 Å². The molecule has 20 heavy (non-hydrogen) atoms. The zero-order valence-corrected chi connectivity index (χ0v) is 15.3. The van der Waals surface area contributed by atoms with Crippen molar-refractivity contribution in [3.63, 3.8) is 0 Å². The lowest BCUT2D eigenvalue weighted by molar-refractivity contribution is 0.112. The van der Waals surface area contributed by atoms with E-state index in [4.69, 9.17) is 27.9 Å².